The molecule has 4 rings (SSSR count). The first-order chi connectivity index (χ1) is 14.1. The summed E-state index contributed by atoms with van der Waals surface area (Å²) < 4.78 is 0. The minimum absolute atomic E-state index is 0.148. The molecule has 29 heavy (non-hydrogen) atoms. The zero-order valence-corrected chi connectivity index (χ0v) is 15.5. The Balaban J connectivity index is 1.71. The molecule has 0 radical (unpaired) electrons. The molecule has 0 fully saturated rings. The average Bonchev–Trinajstić information content (AvgIpc) is 3.17. The largest absolute Gasteiger partial charge is 0.398 e. The number of Topliss-reactive ketones (excluding diaryl/α,β-unsaturated/α-hetero) is 1. The number of imidazole rings is 1. The van der Waals surface area contributed by atoms with Crippen LogP contribution in [0.1, 0.15) is 33.2 Å². The number of fused-ring (bicyclic) bond motifs is 1. The number of carbonyl (C=O) groups is 1. The SMILES string of the molecule is N=C(c1ccncc1)c1cc2[nH]c(C(=O)C(CO)c3ccccc3)nc2cc1N. The number of H-pyrrole nitrogens is 1. The molecule has 0 aliphatic carbocycles. The zero-order chi connectivity index (χ0) is 20.4. The number of hydrogen-bond donors (Lipinski definition) is 4. The Kier molecular flexibility index (Phi) is 4.88. The second kappa shape index (κ2) is 7.65. The van der Waals surface area contributed by atoms with E-state index >= 15 is 0 Å². The van der Waals surface area contributed by atoms with E-state index in [1.807, 2.05) is 18.2 Å². The van der Waals surface area contributed by atoms with Gasteiger partial charge in [-0.3, -0.25) is 15.2 Å². The smallest absolute Gasteiger partial charge is 0.207 e. The number of ketones is 1. The summed E-state index contributed by atoms with van der Waals surface area (Å²) in [5.74, 6) is -0.863. The molecule has 0 bridgehead atoms. The van der Waals surface area contributed by atoms with Crippen LogP contribution in [0.25, 0.3) is 11.0 Å². The Bertz CT molecular complexity index is 1190. The Hall–Kier alpha value is -3.84. The molecular formula is C22H19N5O2. The molecule has 144 valence electrons. The lowest BCUT2D eigenvalue weighted by atomic mass is 9.95. The Morgan fingerprint density at radius 1 is 1.14 bits per heavy atom. The molecule has 2 aromatic carbocycles. The first kappa shape index (κ1) is 18.5. The van der Waals surface area contributed by atoms with Crippen LogP contribution in [0.5, 0.6) is 0 Å². The topological polar surface area (TPSA) is 129 Å². The number of hydrogen-bond acceptors (Lipinski definition) is 6. The van der Waals surface area contributed by atoms with Gasteiger partial charge in [0.05, 0.1) is 29.3 Å². The van der Waals surface area contributed by atoms with E-state index in [0.717, 1.165) is 5.56 Å². The zero-order valence-electron chi connectivity index (χ0n) is 15.5. The number of nitrogens with zero attached hydrogens (tertiary/aromatic N) is 2. The van der Waals surface area contributed by atoms with Crippen LogP contribution in [0.4, 0.5) is 5.69 Å². The highest BCUT2D eigenvalue weighted by Crippen LogP contribution is 2.25. The molecule has 7 heteroatoms. The van der Waals surface area contributed by atoms with Crippen molar-refractivity contribution in [1.82, 2.24) is 15.0 Å². The number of nitrogens with one attached hydrogen (secondary N) is 2. The summed E-state index contributed by atoms with van der Waals surface area (Å²) in [5.41, 5.74) is 9.88. The van der Waals surface area contributed by atoms with Gasteiger partial charge in [0.1, 0.15) is 0 Å². The van der Waals surface area contributed by atoms with Gasteiger partial charge in [-0.15, -0.1) is 0 Å². The van der Waals surface area contributed by atoms with E-state index in [-0.39, 0.29) is 23.9 Å². The molecule has 2 aromatic heterocycles. The van der Waals surface area contributed by atoms with Crippen LogP contribution in [0.3, 0.4) is 0 Å². The summed E-state index contributed by atoms with van der Waals surface area (Å²) in [5, 5.41) is 18.2. The molecule has 7 nitrogen and oxygen atoms in total. The van der Waals surface area contributed by atoms with Crippen LogP contribution in [-0.4, -0.2) is 38.2 Å². The summed E-state index contributed by atoms with van der Waals surface area (Å²) in [4.78, 5) is 24.3. The van der Waals surface area contributed by atoms with Crippen LogP contribution in [0.15, 0.2) is 67.0 Å². The van der Waals surface area contributed by atoms with Crippen LogP contribution < -0.4 is 5.73 Å². The number of aromatic amines is 1. The number of nitrogens with two attached hydrogens (primary N) is 1. The van der Waals surface area contributed by atoms with Crippen molar-refractivity contribution in [3.8, 4) is 0 Å². The molecule has 0 aliphatic rings. The maximum absolute atomic E-state index is 12.9. The fourth-order valence-corrected chi connectivity index (χ4v) is 3.27. The lowest BCUT2D eigenvalue weighted by Gasteiger charge is -2.11. The van der Waals surface area contributed by atoms with Gasteiger partial charge in [0.25, 0.3) is 0 Å². The van der Waals surface area contributed by atoms with Crippen molar-refractivity contribution in [3.05, 3.63) is 89.5 Å². The van der Waals surface area contributed by atoms with Gasteiger partial charge in [-0.2, -0.15) is 0 Å². The number of rotatable bonds is 6. The number of aromatic nitrogens is 3. The van der Waals surface area contributed by atoms with Crippen LogP contribution >= 0.6 is 0 Å². The Labute approximate surface area is 166 Å². The lowest BCUT2D eigenvalue weighted by molar-refractivity contribution is 0.0913. The third-order valence-electron chi connectivity index (χ3n) is 4.83. The van der Waals surface area contributed by atoms with E-state index in [4.69, 9.17) is 11.1 Å². The fourth-order valence-electron chi connectivity index (χ4n) is 3.27. The third kappa shape index (κ3) is 3.51. The van der Waals surface area contributed by atoms with Gasteiger partial charge in [0, 0.05) is 29.2 Å². The van der Waals surface area contributed by atoms with Crippen LogP contribution in [-0.2, 0) is 0 Å². The first-order valence-electron chi connectivity index (χ1n) is 9.07. The summed E-state index contributed by atoms with van der Waals surface area (Å²) in [7, 11) is 0. The second-order valence-corrected chi connectivity index (χ2v) is 6.66. The normalized spacial score (nSPS) is 12.0. The third-order valence-corrected chi connectivity index (χ3v) is 4.83. The molecule has 0 amide bonds. The number of benzene rings is 2. The Morgan fingerprint density at radius 3 is 2.55 bits per heavy atom. The van der Waals surface area contributed by atoms with Crippen LogP contribution in [0.2, 0.25) is 0 Å². The maximum Gasteiger partial charge on any atom is 0.207 e. The van der Waals surface area contributed by atoms with E-state index in [1.165, 1.54) is 0 Å². The molecule has 0 saturated heterocycles. The van der Waals surface area contributed by atoms with Gasteiger partial charge < -0.3 is 15.8 Å². The number of carbonyl (C=O) groups excluding carboxylic acids is 1. The van der Waals surface area contributed by atoms with Gasteiger partial charge in [-0.25, -0.2) is 4.98 Å². The van der Waals surface area contributed by atoms with E-state index < -0.39 is 5.92 Å². The number of anilines is 1. The van der Waals surface area contributed by atoms with Gasteiger partial charge in [0.2, 0.25) is 5.78 Å². The van der Waals surface area contributed by atoms with Crippen LogP contribution in [0, 0.1) is 5.41 Å². The quantitative estimate of drug-likeness (QED) is 0.230. The monoisotopic (exact) mass is 385 g/mol. The molecule has 5 N–H and O–H groups in total. The highest BCUT2D eigenvalue weighted by atomic mass is 16.3. The van der Waals surface area contributed by atoms with Crippen molar-refractivity contribution >= 4 is 28.2 Å². The standard InChI is InChI=1S/C22H19N5O2/c23-17-11-19-18(10-15(17)20(24)14-6-8-25-9-7-14)26-22(27-19)21(29)16(12-28)13-4-2-1-3-5-13/h1-11,16,24,28H,12,23H2,(H,26,27). The highest BCUT2D eigenvalue weighted by molar-refractivity contribution is 6.15. The first-order valence-corrected chi connectivity index (χ1v) is 9.07. The molecule has 0 aliphatic heterocycles. The fraction of sp³-hybridized carbons (Fsp3) is 0.0909. The van der Waals surface area contributed by atoms with Crippen molar-refractivity contribution < 1.29 is 9.90 Å². The van der Waals surface area contributed by atoms with E-state index in [0.29, 0.717) is 27.8 Å². The molecule has 0 spiro atoms. The molecule has 1 unspecified atom stereocenters. The summed E-state index contributed by atoms with van der Waals surface area (Å²) in [6.07, 6.45) is 3.23. The molecule has 2 heterocycles. The number of aliphatic hydroxyl groups is 1. The highest BCUT2D eigenvalue weighted by Gasteiger charge is 2.24. The van der Waals surface area contributed by atoms with E-state index in [1.54, 1.807) is 48.8 Å². The van der Waals surface area contributed by atoms with Crippen molar-refractivity contribution in [2.45, 2.75) is 5.92 Å². The number of aliphatic hydroxyl groups excluding tert-OH is 1. The average molecular weight is 385 g/mol. The van der Waals surface area contributed by atoms with Gasteiger partial charge >= 0.3 is 0 Å². The van der Waals surface area contributed by atoms with E-state index in [2.05, 4.69) is 15.0 Å². The lowest BCUT2D eigenvalue weighted by Crippen LogP contribution is -2.18. The summed E-state index contributed by atoms with van der Waals surface area (Å²) in [6, 6.07) is 15.9. The summed E-state index contributed by atoms with van der Waals surface area (Å²) >= 11 is 0. The summed E-state index contributed by atoms with van der Waals surface area (Å²) in [6.45, 7) is -0.319. The Morgan fingerprint density at radius 2 is 1.86 bits per heavy atom. The van der Waals surface area contributed by atoms with Crippen molar-refractivity contribution in [3.63, 3.8) is 0 Å². The maximum atomic E-state index is 12.9. The minimum atomic E-state index is -0.705. The molecular weight excluding hydrogens is 366 g/mol. The number of nitrogen functional groups attached to an aromatic ring is 1. The number of pyridine rings is 1. The molecule has 0 saturated carbocycles. The van der Waals surface area contributed by atoms with Gasteiger partial charge in [-0.05, 0) is 29.8 Å². The minimum Gasteiger partial charge on any atom is -0.398 e. The molecule has 1 atom stereocenters. The van der Waals surface area contributed by atoms with E-state index in [9.17, 15) is 9.90 Å². The van der Waals surface area contributed by atoms with Gasteiger partial charge in [0.15, 0.2) is 5.82 Å². The van der Waals surface area contributed by atoms with Crippen molar-refractivity contribution in [2.24, 2.45) is 0 Å². The second-order valence-electron chi connectivity index (χ2n) is 6.66. The predicted octanol–water partition coefficient (Wildman–Crippen LogP) is 2.92. The molecule has 4 aromatic rings. The van der Waals surface area contributed by atoms with Crippen molar-refractivity contribution in [2.75, 3.05) is 12.3 Å². The van der Waals surface area contributed by atoms with Crippen molar-refractivity contribution in [1.29, 1.82) is 5.41 Å². The predicted molar refractivity (Wildman–Crippen MR) is 111 cm³/mol. The van der Waals surface area contributed by atoms with Gasteiger partial charge in [-0.1, -0.05) is 30.3 Å².